The summed E-state index contributed by atoms with van der Waals surface area (Å²) in [5.41, 5.74) is 9.06. The monoisotopic (exact) mass is 501 g/mol. The van der Waals surface area contributed by atoms with E-state index in [4.69, 9.17) is 15.0 Å². The number of rotatable bonds is 4. The maximum Gasteiger partial charge on any atom is 0.164 e. The van der Waals surface area contributed by atoms with E-state index in [1.807, 2.05) is 72.8 Å². The minimum atomic E-state index is 0.547. The smallest absolute Gasteiger partial charge is 0.164 e. The Kier molecular flexibility index (Phi) is 5.57. The third kappa shape index (κ3) is 4.28. The number of aromatic nitrogens is 4. The van der Waals surface area contributed by atoms with Crippen molar-refractivity contribution in [2.24, 2.45) is 0 Å². The second-order valence-electron chi connectivity index (χ2n) is 9.68. The van der Waals surface area contributed by atoms with E-state index in [0.29, 0.717) is 23.0 Å². The van der Waals surface area contributed by atoms with Crippen LogP contribution >= 0.6 is 0 Å². The first-order chi connectivity index (χ1) is 19.2. The predicted octanol–water partition coefficient (Wildman–Crippen LogP) is 7.71. The molecule has 0 bridgehead atoms. The molecule has 0 radical (unpaired) electrons. The number of allylic oxidation sites excluding steroid dienone is 1. The highest BCUT2D eigenvalue weighted by Crippen LogP contribution is 2.36. The molecule has 0 spiro atoms. The summed E-state index contributed by atoms with van der Waals surface area (Å²) in [6, 6.07) is 36.5. The molecule has 0 fully saturated rings. The molecule has 4 aromatic carbocycles. The summed E-state index contributed by atoms with van der Waals surface area (Å²) in [6.45, 7) is 0. The minimum absolute atomic E-state index is 0.547. The van der Waals surface area contributed by atoms with Crippen LogP contribution in [0.2, 0.25) is 0 Å². The van der Waals surface area contributed by atoms with Crippen molar-refractivity contribution in [3.63, 3.8) is 0 Å². The number of hydrogen-bond acceptors (Lipinski definition) is 4. The van der Waals surface area contributed by atoms with Crippen LogP contribution < -0.4 is 0 Å². The van der Waals surface area contributed by atoms with Crippen LogP contribution in [0.3, 0.4) is 0 Å². The topological polar surface area (TPSA) is 78.2 Å². The molecule has 5 nitrogen and oxygen atoms in total. The number of hydrogen-bond donors (Lipinski definition) is 1. The molecule has 0 aliphatic heterocycles. The third-order valence-electron chi connectivity index (χ3n) is 7.18. The second kappa shape index (κ2) is 9.51. The highest BCUT2D eigenvalue weighted by molar-refractivity contribution is 5.97. The van der Waals surface area contributed by atoms with Crippen molar-refractivity contribution in [1.29, 1.82) is 5.26 Å². The summed E-state index contributed by atoms with van der Waals surface area (Å²) in [6.07, 6.45) is 4.07. The number of fused-ring (bicyclic) bond motifs is 3. The number of aryl methyl sites for hydroxylation is 1. The summed E-state index contributed by atoms with van der Waals surface area (Å²) in [7, 11) is 0. The van der Waals surface area contributed by atoms with Crippen molar-refractivity contribution in [1.82, 2.24) is 19.9 Å². The molecule has 7 rings (SSSR count). The van der Waals surface area contributed by atoms with Crippen molar-refractivity contribution >= 4 is 22.6 Å². The third-order valence-corrected chi connectivity index (χ3v) is 7.18. The molecular weight excluding hydrogens is 478 g/mol. The number of aromatic amines is 1. The Hall–Kier alpha value is -5.34. The van der Waals surface area contributed by atoms with Gasteiger partial charge in [0.25, 0.3) is 0 Å². The molecule has 1 N–H and O–H groups in total. The predicted molar refractivity (Wildman–Crippen MR) is 155 cm³/mol. The number of H-pyrrole nitrogens is 1. The van der Waals surface area contributed by atoms with Gasteiger partial charge in [0.1, 0.15) is 0 Å². The zero-order chi connectivity index (χ0) is 26.2. The molecule has 5 heteroatoms. The lowest BCUT2D eigenvalue weighted by atomic mass is 9.89. The van der Waals surface area contributed by atoms with Gasteiger partial charge in [-0.05, 0) is 54.3 Å². The van der Waals surface area contributed by atoms with Crippen molar-refractivity contribution in [3.05, 3.63) is 126 Å². The van der Waals surface area contributed by atoms with Gasteiger partial charge in [-0.25, -0.2) is 15.0 Å². The summed E-state index contributed by atoms with van der Waals surface area (Å²) < 4.78 is 0. The van der Waals surface area contributed by atoms with Gasteiger partial charge in [-0.2, -0.15) is 5.26 Å². The Labute approximate surface area is 226 Å². The number of para-hydroxylation sites is 1. The van der Waals surface area contributed by atoms with Gasteiger partial charge in [-0.1, -0.05) is 78.9 Å². The molecule has 6 aromatic rings. The fourth-order valence-corrected chi connectivity index (χ4v) is 5.26. The first kappa shape index (κ1) is 22.8. The van der Waals surface area contributed by atoms with Gasteiger partial charge < -0.3 is 4.98 Å². The minimum Gasteiger partial charge on any atom is -0.358 e. The lowest BCUT2D eigenvalue weighted by molar-refractivity contribution is 0.964. The molecule has 0 saturated heterocycles. The highest BCUT2D eigenvalue weighted by atomic mass is 15.0. The van der Waals surface area contributed by atoms with Crippen LogP contribution in [0.25, 0.3) is 56.7 Å². The molecule has 0 atom stereocenters. The lowest BCUT2D eigenvalue weighted by Crippen LogP contribution is -2.02. The van der Waals surface area contributed by atoms with Gasteiger partial charge in [0, 0.05) is 38.9 Å². The molecule has 1 aliphatic carbocycles. The zero-order valence-corrected chi connectivity index (χ0v) is 21.1. The first-order valence-corrected chi connectivity index (χ1v) is 13.0. The largest absolute Gasteiger partial charge is 0.358 e. The van der Waals surface area contributed by atoms with E-state index in [1.54, 1.807) is 0 Å². The van der Waals surface area contributed by atoms with Crippen LogP contribution in [0.5, 0.6) is 0 Å². The van der Waals surface area contributed by atoms with Crippen LogP contribution in [0, 0.1) is 11.3 Å². The average molecular weight is 502 g/mol. The Morgan fingerprint density at radius 3 is 1.87 bits per heavy atom. The Morgan fingerprint density at radius 1 is 0.615 bits per heavy atom. The number of nitrogens with zero attached hydrogens (tertiary/aromatic N) is 4. The van der Waals surface area contributed by atoms with E-state index in [1.165, 1.54) is 22.2 Å². The summed E-state index contributed by atoms with van der Waals surface area (Å²) in [4.78, 5) is 18.1. The summed E-state index contributed by atoms with van der Waals surface area (Å²) in [5, 5.41) is 11.2. The van der Waals surface area contributed by atoms with Crippen LogP contribution in [0.1, 0.15) is 28.8 Å². The number of nitrogens with one attached hydrogen (secondary N) is 1. The molecule has 2 heterocycles. The van der Waals surface area contributed by atoms with Crippen LogP contribution in [-0.2, 0) is 6.42 Å². The summed E-state index contributed by atoms with van der Waals surface area (Å²) in [5.74, 6) is 1.75. The van der Waals surface area contributed by atoms with Crippen LogP contribution in [-0.4, -0.2) is 19.9 Å². The Balaban J connectivity index is 1.39. The van der Waals surface area contributed by atoms with Gasteiger partial charge in [0.05, 0.1) is 11.6 Å². The first-order valence-electron chi connectivity index (χ1n) is 13.0. The second-order valence-corrected chi connectivity index (χ2v) is 9.68. The normalized spacial score (nSPS) is 12.5. The van der Waals surface area contributed by atoms with Gasteiger partial charge in [-0.15, -0.1) is 0 Å². The van der Waals surface area contributed by atoms with Gasteiger partial charge in [-0.3, -0.25) is 0 Å². The fourth-order valence-electron chi connectivity index (χ4n) is 5.26. The molecular formula is C34H23N5. The quantitative estimate of drug-likeness (QED) is 0.268. The van der Waals surface area contributed by atoms with Gasteiger partial charge in [0.15, 0.2) is 17.5 Å². The van der Waals surface area contributed by atoms with E-state index in [9.17, 15) is 5.26 Å². The van der Waals surface area contributed by atoms with E-state index in [2.05, 4.69) is 47.5 Å². The standard InChI is InChI=1S/C34H23N5/c35-21-22-17-26(25-15-16-31-29(20-25)28-13-7-8-14-30(28)36-31)19-27(18-22)34-38-32(23-9-3-1-4-10-23)37-33(39-34)24-11-5-2-6-12-24/h1-14,17-20,36H,15-16H2. The van der Waals surface area contributed by atoms with Crippen LogP contribution in [0.4, 0.5) is 0 Å². The van der Waals surface area contributed by atoms with Crippen LogP contribution in [0.15, 0.2) is 103 Å². The van der Waals surface area contributed by atoms with Crippen molar-refractivity contribution < 1.29 is 0 Å². The average Bonchev–Trinajstić information content (AvgIpc) is 3.39. The molecule has 39 heavy (non-hydrogen) atoms. The summed E-state index contributed by atoms with van der Waals surface area (Å²) >= 11 is 0. The van der Waals surface area contributed by atoms with Crippen molar-refractivity contribution in [2.45, 2.75) is 12.8 Å². The maximum absolute atomic E-state index is 9.94. The number of nitriles is 1. The molecule has 0 unspecified atom stereocenters. The van der Waals surface area contributed by atoms with E-state index in [0.717, 1.165) is 40.6 Å². The number of benzene rings is 4. The molecule has 0 saturated carbocycles. The van der Waals surface area contributed by atoms with Crippen molar-refractivity contribution in [3.8, 4) is 40.2 Å². The van der Waals surface area contributed by atoms with Crippen molar-refractivity contribution in [2.75, 3.05) is 0 Å². The molecule has 0 amide bonds. The molecule has 1 aliphatic rings. The SMILES string of the molecule is N#Cc1cc(C2=Cc3c([nH]c4ccccc34)CC2)cc(-c2nc(-c3ccccc3)nc(-c3ccccc3)n2)c1. The Morgan fingerprint density at radius 2 is 1.21 bits per heavy atom. The fraction of sp³-hybridized carbons (Fsp3) is 0.0588. The van der Waals surface area contributed by atoms with Gasteiger partial charge in [0.2, 0.25) is 0 Å². The Bertz CT molecular complexity index is 1850. The maximum atomic E-state index is 9.94. The molecule has 2 aromatic heterocycles. The highest BCUT2D eigenvalue weighted by Gasteiger charge is 2.19. The zero-order valence-electron chi connectivity index (χ0n) is 21.1. The lowest BCUT2D eigenvalue weighted by Gasteiger charge is -2.16. The van der Waals surface area contributed by atoms with E-state index >= 15 is 0 Å². The molecule has 184 valence electrons. The van der Waals surface area contributed by atoms with Gasteiger partial charge >= 0.3 is 0 Å². The van der Waals surface area contributed by atoms with E-state index < -0.39 is 0 Å². The van der Waals surface area contributed by atoms with E-state index in [-0.39, 0.29) is 0 Å².